The smallest absolute Gasteiger partial charge is 0.260 e. The normalized spacial score (nSPS) is 10.2. The van der Waals surface area contributed by atoms with Gasteiger partial charge in [-0.2, -0.15) is 0 Å². The zero-order valence-electron chi connectivity index (χ0n) is 11.5. The van der Waals surface area contributed by atoms with Crippen molar-refractivity contribution in [3.05, 3.63) is 42.2 Å². The van der Waals surface area contributed by atoms with Gasteiger partial charge in [0.2, 0.25) is 5.88 Å². The van der Waals surface area contributed by atoms with Gasteiger partial charge in [0.25, 0.3) is 5.91 Å². The molecule has 5 nitrogen and oxygen atoms in total. The van der Waals surface area contributed by atoms with E-state index in [9.17, 15) is 4.79 Å². The monoisotopic (exact) mass is 289 g/mol. The molecule has 0 aliphatic rings. The molecule has 20 heavy (non-hydrogen) atoms. The number of amides is 1. The number of anilines is 1. The molecule has 0 N–H and O–H groups in total. The van der Waals surface area contributed by atoms with E-state index >= 15 is 0 Å². The fourth-order valence-electron chi connectivity index (χ4n) is 1.71. The van der Waals surface area contributed by atoms with Crippen LogP contribution < -0.4 is 9.64 Å². The molecule has 104 valence electrons. The fraction of sp³-hybridized carbons (Fsp3) is 0.214. The van der Waals surface area contributed by atoms with Crippen molar-refractivity contribution in [1.82, 2.24) is 9.97 Å². The van der Waals surface area contributed by atoms with Crippen molar-refractivity contribution in [3.8, 4) is 5.88 Å². The summed E-state index contributed by atoms with van der Waals surface area (Å²) < 4.78 is 5.00. The molecule has 0 aliphatic carbocycles. The van der Waals surface area contributed by atoms with E-state index in [0.717, 1.165) is 0 Å². The maximum Gasteiger partial charge on any atom is 0.260 e. The number of carbonyl (C=O) groups is 1. The van der Waals surface area contributed by atoms with Crippen molar-refractivity contribution in [2.75, 3.05) is 25.3 Å². The van der Waals surface area contributed by atoms with Crippen LogP contribution in [0.25, 0.3) is 0 Å². The highest BCUT2D eigenvalue weighted by molar-refractivity contribution is 7.98. The van der Waals surface area contributed by atoms with Crippen LogP contribution >= 0.6 is 11.8 Å². The first-order valence-corrected chi connectivity index (χ1v) is 7.17. The van der Waals surface area contributed by atoms with Crippen LogP contribution in [0, 0.1) is 0 Å². The lowest BCUT2D eigenvalue weighted by molar-refractivity contribution is 0.0989. The summed E-state index contributed by atoms with van der Waals surface area (Å²) in [5.74, 6) is 0.398. The number of ether oxygens (including phenoxy) is 1. The number of hydrogen-bond acceptors (Lipinski definition) is 5. The van der Waals surface area contributed by atoms with Gasteiger partial charge in [0.1, 0.15) is 5.03 Å². The maximum atomic E-state index is 12.5. The largest absolute Gasteiger partial charge is 0.481 e. The second-order valence-corrected chi connectivity index (χ2v) is 4.78. The summed E-state index contributed by atoms with van der Waals surface area (Å²) in [4.78, 5) is 22.3. The lowest BCUT2D eigenvalue weighted by atomic mass is 10.2. The number of rotatable bonds is 4. The summed E-state index contributed by atoms with van der Waals surface area (Å²) in [6.45, 7) is 0. The van der Waals surface area contributed by atoms with E-state index in [2.05, 4.69) is 9.97 Å². The molecule has 2 heterocycles. The van der Waals surface area contributed by atoms with E-state index in [4.69, 9.17) is 4.74 Å². The first-order valence-electron chi connectivity index (χ1n) is 5.94. The Morgan fingerprint density at radius 3 is 2.70 bits per heavy atom. The predicted octanol–water partition coefficient (Wildman–Crippen LogP) is 2.48. The zero-order chi connectivity index (χ0) is 14.5. The lowest BCUT2D eigenvalue weighted by Crippen LogP contribution is -2.27. The highest BCUT2D eigenvalue weighted by atomic mass is 32.2. The van der Waals surface area contributed by atoms with Gasteiger partial charge in [-0.05, 0) is 24.5 Å². The third-order valence-electron chi connectivity index (χ3n) is 2.82. The Kier molecular flexibility index (Phi) is 4.57. The molecule has 0 fully saturated rings. The van der Waals surface area contributed by atoms with Gasteiger partial charge in [0, 0.05) is 19.3 Å². The predicted molar refractivity (Wildman–Crippen MR) is 79.5 cm³/mol. The summed E-state index contributed by atoms with van der Waals surface area (Å²) in [6, 6.07) is 7.04. The van der Waals surface area contributed by atoms with Gasteiger partial charge in [0.15, 0.2) is 0 Å². The molecule has 0 unspecified atom stereocenters. The summed E-state index contributed by atoms with van der Waals surface area (Å²) in [5.41, 5.74) is 1.28. The summed E-state index contributed by atoms with van der Waals surface area (Å²) in [6.07, 6.45) is 5.18. The molecule has 6 heteroatoms. The van der Waals surface area contributed by atoms with Crippen molar-refractivity contribution in [3.63, 3.8) is 0 Å². The van der Waals surface area contributed by atoms with Gasteiger partial charge in [-0.15, -0.1) is 11.8 Å². The molecule has 2 aromatic rings. The van der Waals surface area contributed by atoms with Crippen LogP contribution in [-0.2, 0) is 0 Å². The molecule has 0 saturated heterocycles. The minimum absolute atomic E-state index is 0.116. The number of aromatic nitrogens is 2. The van der Waals surface area contributed by atoms with E-state index < -0.39 is 0 Å². The zero-order valence-corrected chi connectivity index (χ0v) is 12.3. The molecule has 0 radical (unpaired) electrons. The van der Waals surface area contributed by atoms with E-state index in [1.807, 2.05) is 6.26 Å². The number of methoxy groups -OCH3 is 1. The molecule has 0 atom stereocenters. The van der Waals surface area contributed by atoms with Crippen LogP contribution in [0.15, 0.2) is 41.7 Å². The van der Waals surface area contributed by atoms with Gasteiger partial charge < -0.3 is 9.64 Å². The van der Waals surface area contributed by atoms with E-state index in [0.29, 0.717) is 22.2 Å². The lowest BCUT2D eigenvalue weighted by Gasteiger charge is -2.18. The molecular weight excluding hydrogens is 274 g/mol. The Labute approximate surface area is 122 Å². The fourth-order valence-corrected chi connectivity index (χ4v) is 2.25. The van der Waals surface area contributed by atoms with Gasteiger partial charge in [0.05, 0.1) is 24.6 Å². The number of nitrogens with zero attached hydrogens (tertiary/aromatic N) is 3. The molecule has 2 aromatic heterocycles. The molecule has 1 amide bonds. The van der Waals surface area contributed by atoms with Crippen LogP contribution in [-0.4, -0.2) is 36.3 Å². The topological polar surface area (TPSA) is 55.3 Å². The first kappa shape index (κ1) is 14.3. The number of carbonyl (C=O) groups excluding carboxylic acids is 1. The van der Waals surface area contributed by atoms with Crippen LogP contribution in [0.2, 0.25) is 0 Å². The van der Waals surface area contributed by atoms with E-state index in [1.54, 1.807) is 55.7 Å². The number of hydrogen-bond donors (Lipinski definition) is 0. The molecule has 0 aliphatic heterocycles. The number of pyridine rings is 2. The minimum atomic E-state index is -0.116. The summed E-state index contributed by atoms with van der Waals surface area (Å²) in [5, 5.41) is 0.714. The third kappa shape index (κ3) is 2.91. The Morgan fingerprint density at radius 1 is 1.30 bits per heavy atom. The second kappa shape index (κ2) is 6.38. The van der Waals surface area contributed by atoms with Gasteiger partial charge in [-0.1, -0.05) is 0 Å². The molecule has 0 saturated carbocycles. The molecule has 0 spiro atoms. The molecule has 0 bridgehead atoms. The van der Waals surface area contributed by atoms with E-state index in [1.165, 1.54) is 11.8 Å². The van der Waals surface area contributed by atoms with Crippen LogP contribution in [0.1, 0.15) is 10.4 Å². The Morgan fingerprint density at radius 2 is 2.10 bits per heavy atom. The Balaban J connectivity index is 2.27. The van der Waals surface area contributed by atoms with Crippen LogP contribution in [0.4, 0.5) is 5.69 Å². The van der Waals surface area contributed by atoms with Crippen molar-refractivity contribution < 1.29 is 9.53 Å². The first-order chi connectivity index (χ1) is 9.67. The highest BCUT2D eigenvalue weighted by Gasteiger charge is 2.17. The standard InChI is InChI=1S/C14H15N3O2S/c1-17(10-6-7-12(19-2)16-9-10)14(18)11-5-4-8-15-13(11)20-3/h4-9H,1-3H3. The molecular formula is C14H15N3O2S. The maximum absolute atomic E-state index is 12.5. The van der Waals surface area contributed by atoms with Gasteiger partial charge in [-0.3, -0.25) is 4.79 Å². The van der Waals surface area contributed by atoms with E-state index in [-0.39, 0.29) is 5.91 Å². The van der Waals surface area contributed by atoms with Crippen molar-refractivity contribution in [2.24, 2.45) is 0 Å². The van der Waals surface area contributed by atoms with Gasteiger partial charge in [-0.25, -0.2) is 9.97 Å². The number of thioether (sulfide) groups is 1. The Hall–Kier alpha value is -2.08. The van der Waals surface area contributed by atoms with Crippen molar-refractivity contribution >= 4 is 23.4 Å². The second-order valence-electron chi connectivity index (χ2n) is 3.98. The minimum Gasteiger partial charge on any atom is -0.481 e. The SMILES string of the molecule is COc1ccc(N(C)C(=O)c2cccnc2SC)cn1. The Bertz CT molecular complexity index is 602. The highest BCUT2D eigenvalue weighted by Crippen LogP contribution is 2.21. The van der Waals surface area contributed by atoms with Crippen molar-refractivity contribution in [2.45, 2.75) is 5.03 Å². The summed E-state index contributed by atoms with van der Waals surface area (Å²) >= 11 is 1.45. The van der Waals surface area contributed by atoms with Crippen LogP contribution in [0.3, 0.4) is 0 Å². The van der Waals surface area contributed by atoms with Crippen LogP contribution in [0.5, 0.6) is 5.88 Å². The molecule has 2 rings (SSSR count). The average Bonchev–Trinajstić information content (AvgIpc) is 2.53. The third-order valence-corrected chi connectivity index (χ3v) is 3.53. The van der Waals surface area contributed by atoms with Crippen molar-refractivity contribution in [1.29, 1.82) is 0 Å². The quantitative estimate of drug-likeness (QED) is 0.809. The molecule has 0 aromatic carbocycles. The summed E-state index contributed by atoms with van der Waals surface area (Å²) in [7, 11) is 3.26. The average molecular weight is 289 g/mol. The van der Waals surface area contributed by atoms with Gasteiger partial charge >= 0.3 is 0 Å².